The third-order valence-corrected chi connectivity index (χ3v) is 6.04. The number of nitrogens with one attached hydrogen (secondary N) is 1. The molecule has 1 aliphatic rings. The first-order chi connectivity index (χ1) is 18.5. The van der Waals surface area contributed by atoms with Crippen LogP contribution in [0.5, 0.6) is 5.75 Å². The zero-order chi connectivity index (χ0) is 30.3. The highest BCUT2D eigenvalue weighted by Gasteiger charge is 2.38. The molecule has 0 spiro atoms. The molecule has 0 saturated carbocycles. The third-order valence-electron chi connectivity index (χ3n) is 6.04. The number of benzene rings is 2. The maximum Gasteiger partial charge on any atom is 0.490 e. The Morgan fingerprint density at radius 3 is 2.10 bits per heavy atom. The van der Waals surface area contributed by atoms with E-state index in [9.17, 15) is 39.9 Å². The largest absolute Gasteiger partial charge is 0.497 e. The molecule has 0 aromatic heterocycles. The minimum atomic E-state index is -5.08. The van der Waals surface area contributed by atoms with E-state index in [1.54, 1.807) is 0 Å². The van der Waals surface area contributed by atoms with Crippen LogP contribution in [0.2, 0.25) is 0 Å². The van der Waals surface area contributed by atoms with E-state index in [0.29, 0.717) is 12.8 Å². The molecule has 0 unspecified atom stereocenters. The maximum absolute atomic E-state index is 14.3. The average molecular weight is 585 g/mol. The van der Waals surface area contributed by atoms with Crippen LogP contribution in [0, 0.1) is 11.6 Å². The third kappa shape index (κ3) is 9.54. The number of carbonyl (C=O) groups excluding carboxylic acids is 1. The number of hydrogen-bond donors (Lipinski definition) is 2. The van der Waals surface area contributed by atoms with E-state index in [1.807, 2.05) is 7.05 Å². The first-order valence-corrected chi connectivity index (χ1v) is 11.7. The molecular formula is C25H27F8N3O4. The molecule has 1 fully saturated rings. The van der Waals surface area contributed by atoms with Crippen LogP contribution < -0.4 is 10.1 Å². The molecule has 2 N–H and O–H groups in total. The zero-order valence-electron chi connectivity index (χ0n) is 21.4. The Morgan fingerprint density at radius 2 is 1.60 bits per heavy atom. The molecule has 0 atom stereocenters. The lowest BCUT2D eigenvalue weighted by Crippen LogP contribution is -2.49. The van der Waals surface area contributed by atoms with Crippen molar-refractivity contribution < 1.29 is 54.6 Å². The fourth-order valence-electron chi connectivity index (χ4n) is 3.88. The van der Waals surface area contributed by atoms with Gasteiger partial charge in [-0.15, -0.1) is 0 Å². The monoisotopic (exact) mass is 585 g/mol. The van der Waals surface area contributed by atoms with Crippen molar-refractivity contribution in [3.63, 3.8) is 0 Å². The Kier molecular flexibility index (Phi) is 11.1. The topological polar surface area (TPSA) is 82.1 Å². The lowest BCUT2D eigenvalue weighted by atomic mass is 10.0. The van der Waals surface area contributed by atoms with Gasteiger partial charge in [0.2, 0.25) is 0 Å². The second kappa shape index (κ2) is 13.6. The Bertz CT molecular complexity index is 1170. The SMILES string of the molecule is COc1ccc(CNC(=O)N(Cc2ccc(F)cc2F)C2CCN(C)CC2)c(C(F)(F)F)c1.O=C(O)C(F)(F)F. The van der Waals surface area contributed by atoms with Gasteiger partial charge in [0.05, 0.1) is 19.2 Å². The summed E-state index contributed by atoms with van der Waals surface area (Å²) in [6.45, 7) is 0.946. The zero-order valence-corrected chi connectivity index (χ0v) is 21.4. The summed E-state index contributed by atoms with van der Waals surface area (Å²) in [5.74, 6) is -4.22. The standard InChI is InChI=1S/C23H26F5N3O2.C2HF3O2/c1-30-9-7-18(8-10-30)31(14-16-3-5-17(24)11-21(16)25)22(32)29-13-15-4-6-19(33-2)12-20(15)23(26,27)28;3-2(4,5)1(6)7/h3-6,11-12,18H,7-10,13-14H2,1-2H3,(H,29,32);(H,6,7). The van der Waals surface area contributed by atoms with Crippen LogP contribution in [-0.4, -0.2) is 66.4 Å². The lowest BCUT2D eigenvalue weighted by Gasteiger charge is -2.37. The molecule has 1 aliphatic heterocycles. The summed E-state index contributed by atoms with van der Waals surface area (Å²) >= 11 is 0. The number of carbonyl (C=O) groups is 2. The van der Waals surface area contributed by atoms with E-state index < -0.39 is 41.6 Å². The number of nitrogens with zero attached hydrogens (tertiary/aromatic N) is 2. The average Bonchev–Trinajstić information content (AvgIpc) is 2.86. The lowest BCUT2D eigenvalue weighted by molar-refractivity contribution is -0.192. The quantitative estimate of drug-likeness (QED) is 0.442. The number of ether oxygens (including phenoxy) is 1. The molecular weight excluding hydrogens is 558 g/mol. The van der Waals surface area contributed by atoms with Gasteiger partial charge in [0.25, 0.3) is 0 Å². The smallest absolute Gasteiger partial charge is 0.490 e. The summed E-state index contributed by atoms with van der Waals surface area (Å²) in [5.41, 5.74) is -0.892. The molecule has 2 aromatic rings. The number of carboxylic acids is 1. The Balaban J connectivity index is 0.000000708. The Morgan fingerprint density at radius 1 is 1.02 bits per heavy atom. The number of alkyl halides is 6. The van der Waals surface area contributed by atoms with E-state index >= 15 is 0 Å². The van der Waals surface area contributed by atoms with Crippen LogP contribution in [0.15, 0.2) is 36.4 Å². The molecule has 0 aliphatic carbocycles. The van der Waals surface area contributed by atoms with Crippen molar-refractivity contribution in [2.24, 2.45) is 0 Å². The van der Waals surface area contributed by atoms with Crippen LogP contribution in [0.3, 0.4) is 0 Å². The highest BCUT2D eigenvalue weighted by molar-refractivity contribution is 5.74. The number of urea groups is 1. The summed E-state index contributed by atoms with van der Waals surface area (Å²) in [5, 5.41) is 9.67. The van der Waals surface area contributed by atoms with E-state index in [-0.39, 0.29) is 36.0 Å². The molecule has 2 aromatic carbocycles. The number of carboxylic acid groups (broad SMARTS) is 1. The fraction of sp³-hybridized carbons (Fsp3) is 0.440. The van der Waals surface area contributed by atoms with Crippen molar-refractivity contribution in [1.29, 1.82) is 0 Å². The number of methoxy groups -OCH3 is 1. The predicted octanol–water partition coefficient (Wildman–Crippen LogP) is 5.43. The number of aliphatic carboxylic acids is 1. The summed E-state index contributed by atoms with van der Waals surface area (Å²) in [4.78, 5) is 25.5. The van der Waals surface area contributed by atoms with Gasteiger partial charge in [-0.25, -0.2) is 18.4 Å². The molecule has 3 rings (SSSR count). The van der Waals surface area contributed by atoms with Crippen LogP contribution in [-0.2, 0) is 24.1 Å². The fourth-order valence-corrected chi connectivity index (χ4v) is 3.88. The molecule has 7 nitrogen and oxygen atoms in total. The normalized spacial score (nSPS) is 14.7. The van der Waals surface area contributed by atoms with Gasteiger partial charge in [-0.2, -0.15) is 26.3 Å². The van der Waals surface area contributed by atoms with E-state index in [2.05, 4.69) is 10.2 Å². The van der Waals surface area contributed by atoms with Gasteiger partial charge in [-0.05, 0) is 56.7 Å². The van der Waals surface area contributed by atoms with Gasteiger partial charge in [-0.1, -0.05) is 12.1 Å². The number of halogens is 8. The van der Waals surface area contributed by atoms with Gasteiger partial charge in [0, 0.05) is 24.2 Å². The molecule has 1 heterocycles. The number of likely N-dealkylation sites (tertiary alicyclic amines) is 1. The first kappa shape index (κ1) is 32.6. The minimum absolute atomic E-state index is 0.0529. The molecule has 2 amide bonds. The van der Waals surface area contributed by atoms with Crippen molar-refractivity contribution in [2.75, 3.05) is 27.2 Å². The number of hydrogen-bond acceptors (Lipinski definition) is 4. The van der Waals surface area contributed by atoms with Gasteiger partial charge < -0.3 is 25.0 Å². The first-order valence-electron chi connectivity index (χ1n) is 11.7. The van der Waals surface area contributed by atoms with E-state index in [0.717, 1.165) is 31.3 Å². The second-order valence-electron chi connectivity index (χ2n) is 8.88. The van der Waals surface area contributed by atoms with Crippen LogP contribution >= 0.6 is 0 Å². The van der Waals surface area contributed by atoms with E-state index in [4.69, 9.17) is 14.6 Å². The summed E-state index contributed by atoms with van der Waals surface area (Å²) < 4.78 is 105. The molecule has 40 heavy (non-hydrogen) atoms. The molecule has 222 valence electrons. The van der Waals surface area contributed by atoms with Crippen LogP contribution in [0.4, 0.5) is 39.9 Å². The number of amides is 2. The highest BCUT2D eigenvalue weighted by Crippen LogP contribution is 2.34. The van der Waals surface area contributed by atoms with Crippen molar-refractivity contribution in [3.05, 3.63) is 64.7 Å². The highest BCUT2D eigenvalue weighted by atomic mass is 19.4. The van der Waals surface area contributed by atoms with Gasteiger partial charge >= 0.3 is 24.4 Å². The molecule has 0 bridgehead atoms. The van der Waals surface area contributed by atoms with Crippen molar-refractivity contribution in [2.45, 2.75) is 44.3 Å². The van der Waals surface area contributed by atoms with Crippen molar-refractivity contribution in [1.82, 2.24) is 15.1 Å². The maximum atomic E-state index is 14.3. The minimum Gasteiger partial charge on any atom is -0.497 e. The molecule has 15 heteroatoms. The molecule has 1 saturated heterocycles. The van der Waals surface area contributed by atoms with Crippen molar-refractivity contribution >= 4 is 12.0 Å². The second-order valence-corrected chi connectivity index (χ2v) is 8.88. The van der Waals surface area contributed by atoms with Crippen molar-refractivity contribution in [3.8, 4) is 5.75 Å². The summed E-state index contributed by atoms with van der Waals surface area (Å²) in [7, 11) is 3.22. The summed E-state index contributed by atoms with van der Waals surface area (Å²) in [6.07, 6.45) is -8.45. The Labute approximate surface area is 224 Å². The van der Waals surface area contributed by atoms with Crippen LogP contribution in [0.1, 0.15) is 29.5 Å². The molecule has 0 radical (unpaired) electrons. The Hall–Kier alpha value is -3.62. The number of rotatable bonds is 6. The van der Waals surface area contributed by atoms with Gasteiger partial charge in [0.15, 0.2) is 0 Å². The van der Waals surface area contributed by atoms with Gasteiger partial charge in [-0.3, -0.25) is 0 Å². The summed E-state index contributed by atoms with van der Waals surface area (Å²) in [6, 6.07) is 5.79. The van der Waals surface area contributed by atoms with E-state index in [1.165, 1.54) is 30.2 Å². The van der Waals surface area contributed by atoms with Gasteiger partial charge in [0.1, 0.15) is 17.4 Å². The number of piperidine rings is 1. The van der Waals surface area contributed by atoms with Crippen LogP contribution in [0.25, 0.3) is 0 Å². The predicted molar refractivity (Wildman–Crippen MR) is 126 cm³/mol.